The molecule has 5 heteroatoms. The van der Waals surface area contributed by atoms with E-state index in [0.717, 1.165) is 0 Å². The van der Waals surface area contributed by atoms with Crippen LogP contribution in [0.15, 0.2) is 205 Å². The van der Waals surface area contributed by atoms with Gasteiger partial charge in [0.1, 0.15) is 0 Å². The van der Waals surface area contributed by atoms with Crippen LogP contribution in [0.3, 0.4) is 0 Å². The van der Waals surface area contributed by atoms with Crippen LogP contribution in [0.5, 0.6) is 0 Å². The van der Waals surface area contributed by atoms with Crippen LogP contribution in [0.1, 0.15) is 22.3 Å². The first-order chi connectivity index (χ1) is 27.9. The highest BCUT2D eigenvalue weighted by Crippen LogP contribution is 2.73. The summed E-state index contributed by atoms with van der Waals surface area (Å²) in [6.45, 7) is 9.42. The zero-order valence-corrected chi connectivity index (χ0v) is 34.3. The Hall–Kier alpha value is -5.61. The van der Waals surface area contributed by atoms with E-state index in [9.17, 15) is 0 Å². The number of anilines is 3. The van der Waals surface area contributed by atoms with Gasteiger partial charge in [-0.1, -0.05) is 154 Å². The second-order valence-electron chi connectivity index (χ2n) is 15.9. The Balaban J connectivity index is 1.27. The Labute approximate surface area is 343 Å². The van der Waals surface area contributed by atoms with Crippen molar-refractivity contribution in [1.29, 1.82) is 0 Å². The molecule has 3 heterocycles. The zero-order chi connectivity index (χ0) is 38.4. The molecule has 0 aliphatic carbocycles. The summed E-state index contributed by atoms with van der Waals surface area (Å²) in [6, 6.07) is 67.2. The lowest BCUT2D eigenvalue weighted by Crippen LogP contribution is -2.66. The van der Waals surface area contributed by atoms with Crippen LogP contribution in [-0.2, 0) is 0 Å². The lowest BCUT2D eigenvalue weighted by Gasteiger charge is -2.47. The first-order valence-corrected chi connectivity index (χ1v) is 22.4. The first kappa shape index (κ1) is 34.6. The van der Waals surface area contributed by atoms with Gasteiger partial charge in [-0.3, -0.25) is 0 Å². The average molecular weight is 766 g/mol. The van der Waals surface area contributed by atoms with Crippen LogP contribution in [0.2, 0.25) is 0 Å². The van der Waals surface area contributed by atoms with Gasteiger partial charge in [0, 0.05) is 46.4 Å². The Morgan fingerprint density at radius 2 is 0.930 bits per heavy atom. The standard InChI is InChI=1S/C52H41B2NS2/c1-34-29-36(3)50(37(4)30-34)54-43-33-41(57(38-17-8-5-9-18-38,39-19-10-6-11-20-39)40-21-12-7-13-22-40)27-28-46(43)55-47-24-16-26-49-51(47)53(42-23-14-15-25-48(42)56-49)44-31-35(2)32-45(54)52(44)55/h5-33H,1-4H3. The summed E-state index contributed by atoms with van der Waals surface area (Å²) < 4.78 is 0. The number of benzene rings is 8. The van der Waals surface area contributed by atoms with Crippen molar-refractivity contribution < 1.29 is 0 Å². The smallest absolute Gasteiger partial charge is 0.249 e. The van der Waals surface area contributed by atoms with Crippen molar-refractivity contribution in [3.8, 4) is 0 Å². The van der Waals surface area contributed by atoms with Crippen molar-refractivity contribution in [1.82, 2.24) is 0 Å². The number of hydrogen-bond acceptors (Lipinski definition) is 2. The Morgan fingerprint density at radius 3 is 1.54 bits per heavy atom. The van der Waals surface area contributed by atoms with E-state index >= 15 is 0 Å². The van der Waals surface area contributed by atoms with E-state index in [0.29, 0.717) is 0 Å². The summed E-state index contributed by atoms with van der Waals surface area (Å²) in [5, 5.41) is 0. The summed E-state index contributed by atoms with van der Waals surface area (Å²) >= 11 is 1.92. The minimum Gasteiger partial charge on any atom is -0.312 e. The third kappa shape index (κ3) is 5.08. The molecule has 0 unspecified atom stereocenters. The molecule has 3 aliphatic heterocycles. The quantitative estimate of drug-likeness (QED) is 0.161. The molecule has 0 bridgehead atoms. The van der Waals surface area contributed by atoms with Gasteiger partial charge in [-0.25, -0.2) is 0 Å². The minimum atomic E-state index is -1.91. The Morgan fingerprint density at radius 1 is 0.404 bits per heavy atom. The summed E-state index contributed by atoms with van der Waals surface area (Å²) in [6.07, 6.45) is 0. The van der Waals surface area contributed by atoms with Gasteiger partial charge in [0.15, 0.2) is 0 Å². The highest BCUT2D eigenvalue weighted by Gasteiger charge is 2.47. The van der Waals surface area contributed by atoms with Gasteiger partial charge in [0.2, 0.25) is 13.4 Å². The summed E-state index contributed by atoms with van der Waals surface area (Å²) in [4.78, 5) is 10.7. The lowest BCUT2D eigenvalue weighted by atomic mass is 9.30. The lowest BCUT2D eigenvalue weighted by molar-refractivity contribution is 1.23. The molecule has 57 heavy (non-hydrogen) atoms. The first-order valence-electron chi connectivity index (χ1n) is 20.0. The molecule has 8 aromatic carbocycles. The normalized spacial score (nSPS) is 13.7. The Bertz CT molecular complexity index is 2770. The number of nitrogens with zero attached hydrogens (tertiary/aromatic N) is 1. The fourth-order valence-electron chi connectivity index (χ4n) is 10.4. The number of aryl methyl sites for hydroxylation is 4. The van der Waals surface area contributed by atoms with Gasteiger partial charge in [-0.2, -0.15) is 0 Å². The molecule has 272 valence electrons. The largest absolute Gasteiger partial charge is 0.312 e. The Kier molecular flexibility index (Phi) is 8.04. The monoisotopic (exact) mass is 765 g/mol. The third-order valence-corrected chi connectivity index (χ3v) is 17.5. The molecule has 3 aliphatic rings. The van der Waals surface area contributed by atoms with Crippen LogP contribution in [0.25, 0.3) is 0 Å². The zero-order valence-electron chi connectivity index (χ0n) is 32.7. The molecule has 0 atom stereocenters. The minimum absolute atomic E-state index is 0.0443. The molecule has 11 rings (SSSR count). The van der Waals surface area contributed by atoms with Gasteiger partial charge in [0.05, 0.1) is 0 Å². The van der Waals surface area contributed by atoms with Crippen molar-refractivity contribution in [2.45, 2.75) is 57.1 Å². The van der Waals surface area contributed by atoms with Gasteiger partial charge in [0.25, 0.3) is 0 Å². The van der Waals surface area contributed by atoms with Crippen molar-refractivity contribution in [3.05, 3.63) is 198 Å². The molecule has 1 nitrogen and oxygen atoms in total. The molecule has 0 spiro atoms. The second kappa shape index (κ2) is 13.2. The van der Waals surface area contributed by atoms with Crippen LogP contribution in [-0.4, -0.2) is 13.4 Å². The highest BCUT2D eigenvalue weighted by molar-refractivity contribution is 8.34. The van der Waals surface area contributed by atoms with Crippen LogP contribution < -0.4 is 37.7 Å². The molecule has 0 amide bonds. The topological polar surface area (TPSA) is 3.24 Å². The molecule has 8 aromatic rings. The molecule has 0 aromatic heterocycles. The molecule has 0 saturated carbocycles. The molecule has 0 fully saturated rings. The van der Waals surface area contributed by atoms with Crippen molar-refractivity contribution >= 4 is 85.1 Å². The van der Waals surface area contributed by atoms with E-state index in [1.807, 2.05) is 11.8 Å². The number of hydrogen-bond donors (Lipinski definition) is 0. The van der Waals surface area contributed by atoms with Crippen molar-refractivity contribution in [2.75, 3.05) is 4.90 Å². The molecule has 0 N–H and O–H groups in total. The van der Waals surface area contributed by atoms with Crippen molar-refractivity contribution in [2.24, 2.45) is 0 Å². The molecular weight excluding hydrogens is 724 g/mol. The van der Waals surface area contributed by atoms with Gasteiger partial charge >= 0.3 is 0 Å². The van der Waals surface area contributed by atoms with E-state index in [1.54, 1.807) is 0 Å². The maximum Gasteiger partial charge on any atom is 0.249 e. The van der Waals surface area contributed by atoms with Gasteiger partial charge in [-0.05, 0) is 116 Å². The highest BCUT2D eigenvalue weighted by atomic mass is 32.3. The van der Waals surface area contributed by atoms with E-state index in [-0.39, 0.29) is 13.4 Å². The summed E-state index contributed by atoms with van der Waals surface area (Å²) in [7, 11) is -1.91. The fourth-order valence-corrected chi connectivity index (χ4v) is 15.5. The summed E-state index contributed by atoms with van der Waals surface area (Å²) in [5.74, 6) is 0. The van der Waals surface area contributed by atoms with E-state index in [4.69, 9.17) is 0 Å². The number of rotatable bonds is 5. The predicted molar refractivity (Wildman–Crippen MR) is 246 cm³/mol. The molecular formula is C52H41B2NS2. The fraction of sp³-hybridized carbons (Fsp3) is 0.0769. The van der Waals surface area contributed by atoms with Crippen LogP contribution >= 0.6 is 21.8 Å². The van der Waals surface area contributed by atoms with Crippen LogP contribution in [0.4, 0.5) is 17.1 Å². The predicted octanol–water partition coefficient (Wildman–Crippen LogP) is 9.85. The maximum atomic E-state index is 2.65. The van der Waals surface area contributed by atoms with Gasteiger partial charge < -0.3 is 4.90 Å². The second-order valence-corrected chi connectivity index (χ2v) is 20.1. The average Bonchev–Trinajstić information content (AvgIpc) is 3.23. The van der Waals surface area contributed by atoms with Crippen molar-refractivity contribution in [3.63, 3.8) is 0 Å². The SMILES string of the molecule is Cc1cc(C)c(B2c3cc(S(c4ccccc4)(c4ccccc4)c4ccccc4)ccc3N3c4cccc5c4B(c4ccccc4S5)c4cc(C)cc2c43)c(C)c1. The summed E-state index contributed by atoms with van der Waals surface area (Å²) in [5.41, 5.74) is 17.7. The van der Waals surface area contributed by atoms with Crippen LogP contribution in [0, 0.1) is 27.7 Å². The third-order valence-electron chi connectivity index (χ3n) is 12.4. The number of fused-ring (bicyclic) bond motifs is 6. The molecule has 0 saturated heterocycles. The van der Waals surface area contributed by atoms with E-state index in [1.165, 1.54) is 101 Å². The van der Waals surface area contributed by atoms with E-state index < -0.39 is 10.0 Å². The maximum absolute atomic E-state index is 2.65. The van der Waals surface area contributed by atoms with Gasteiger partial charge in [-0.15, -0.1) is 10.0 Å². The molecule has 0 radical (unpaired) electrons. The van der Waals surface area contributed by atoms with E-state index in [2.05, 4.69) is 209 Å².